The Morgan fingerprint density at radius 3 is 1.33 bits per heavy atom. The van der Waals surface area contributed by atoms with Crippen molar-refractivity contribution in [1.82, 2.24) is 18.6 Å². The number of nitrogens with zero attached hydrogens (tertiary/aromatic N) is 4. The minimum atomic E-state index is -4.47. The summed E-state index contributed by atoms with van der Waals surface area (Å²) in [5.41, 5.74) is 1.68. The van der Waals surface area contributed by atoms with Gasteiger partial charge in [0.2, 0.25) is 20.0 Å². The van der Waals surface area contributed by atoms with Crippen molar-refractivity contribution < 1.29 is 25.3 Å². The van der Waals surface area contributed by atoms with Crippen molar-refractivity contribution in [2.24, 2.45) is 0 Å². The van der Waals surface area contributed by atoms with Gasteiger partial charge >= 0.3 is 0 Å². The minimum Gasteiger partial charge on any atom is -0.255 e. The van der Waals surface area contributed by atoms with Gasteiger partial charge in [0.25, 0.3) is 0 Å². The molecule has 4 aromatic carbocycles. The second kappa shape index (κ2) is 13.1. The van der Waals surface area contributed by atoms with Crippen LogP contribution in [0.1, 0.15) is 11.1 Å². The van der Waals surface area contributed by atoms with Gasteiger partial charge in [0.15, 0.2) is 9.84 Å². The van der Waals surface area contributed by atoms with E-state index in [4.69, 9.17) is 0 Å². The van der Waals surface area contributed by atoms with Crippen LogP contribution >= 0.6 is 0 Å². The largest absolute Gasteiger partial charge is 0.255 e. The maximum absolute atomic E-state index is 14.9. The molecule has 3 heterocycles. The van der Waals surface area contributed by atoms with E-state index in [9.17, 15) is 25.3 Å². The van der Waals surface area contributed by atoms with E-state index in [1.807, 2.05) is 0 Å². The highest BCUT2D eigenvalue weighted by molar-refractivity contribution is 7.92. The molecule has 2 aromatic heterocycles. The molecule has 1 aliphatic rings. The Hall–Kier alpha value is -4.53. The van der Waals surface area contributed by atoms with E-state index in [1.54, 1.807) is 109 Å². The first-order valence-electron chi connectivity index (χ1n) is 15.5. The zero-order chi connectivity index (χ0) is 34.2. The molecule has 0 amide bonds. The van der Waals surface area contributed by atoms with Gasteiger partial charge in [-0.05, 0) is 35.4 Å². The van der Waals surface area contributed by atoms with Gasteiger partial charge < -0.3 is 0 Å². The number of hydrogen-bond donors (Lipinski definition) is 0. The van der Waals surface area contributed by atoms with Gasteiger partial charge in [0, 0.05) is 36.3 Å². The normalized spacial score (nSPS) is 18.0. The number of sulfone groups is 1. The van der Waals surface area contributed by atoms with E-state index < -0.39 is 53.5 Å². The van der Waals surface area contributed by atoms with Crippen LogP contribution in [0, 0.1) is 0 Å². The van der Waals surface area contributed by atoms with Crippen molar-refractivity contribution in [3.63, 3.8) is 0 Å². The Labute approximate surface area is 285 Å². The molecule has 10 nitrogen and oxygen atoms in total. The molecule has 0 bridgehead atoms. The fraction of sp³-hybridized carbons (Fsp3) is 0.167. The second-order valence-electron chi connectivity index (χ2n) is 11.9. The van der Waals surface area contributed by atoms with Crippen LogP contribution in [-0.4, -0.2) is 67.4 Å². The van der Waals surface area contributed by atoms with Crippen LogP contribution < -0.4 is 0 Å². The topological polar surface area (TPSA) is 135 Å². The van der Waals surface area contributed by atoms with Crippen molar-refractivity contribution in [1.29, 1.82) is 0 Å². The molecule has 2 atom stereocenters. The van der Waals surface area contributed by atoms with E-state index in [0.29, 0.717) is 21.9 Å². The van der Waals surface area contributed by atoms with Gasteiger partial charge in [-0.3, -0.25) is 9.97 Å². The third-order valence-electron chi connectivity index (χ3n) is 8.76. The summed E-state index contributed by atoms with van der Waals surface area (Å²) < 4.78 is 89.1. The number of hydrogen-bond acceptors (Lipinski definition) is 8. The molecule has 0 aliphatic carbocycles. The summed E-state index contributed by atoms with van der Waals surface area (Å²) >= 11 is 0. The number of pyridine rings is 2. The molecule has 13 heteroatoms. The van der Waals surface area contributed by atoms with Crippen LogP contribution in [0.5, 0.6) is 0 Å². The lowest BCUT2D eigenvalue weighted by Crippen LogP contribution is -2.54. The molecule has 0 saturated carbocycles. The number of aromatic nitrogens is 2. The Morgan fingerprint density at radius 1 is 0.531 bits per heavy atom. The van der Waals surface area contributed by atoms with Crippen LogP contribution in [0.3, 0.4) is 0 Å². The Morgan fingerprint density at radius 2 is 0.918 bits per heavy atom. The Bertz CT molecular complexity index is 2300. The highest BCUT2D eigenvalue weighted by Crippen LogP contribution is 2.36. The zero-order valence-corrected chi connectivity index (χ0v) is 28.6. The third-order valence-corrected chi connectivity index (χ3v) is 14.3. The van der Waals surface area contributed by atoms with Crippen molar-refractivity contribution >= 4 is 51.7 Å². The zero-order valence-electron chi connectivity index (χ0n) is 26.1. The average molecular weight is 713 g/mol. The van der Waals surface area contributed by atoms with Gasteiger partial charge in [0.1, 0.15) is 9.79 Å². The highest BCUT2D eigenvalue weighted by atomic mass is 32.2. The van der Waals surface area contributed by atoms with Crippen molar-refractivity contribution in [2.45, 2.75) is 35.0 Å². The van der Waals surface area contributed by atoms with Gasteiger partial charge in [-0.2, -0.15) is 8.61 Å². The first-order chi connectivity index (χ1) is 23.5. The van der Waals surface area contributed by atoms with Gasteiger partial charge in [-0.15, -0.1) is 0 Å². The molecule has 49 heavy (non-hydrogen) atoms. The Kier molecular flexibility index (Phi) is 8.80. The molecule has 1 fully saturated rings. The summed E-state index contributed by atoms with van der Waals surface area (Å²) in [4.78, 5) is 8.55. The predicted molar refractivity (Wildman–Crippen MR) is 188 cm³/mol. The first-order valence-corrected chi connectivity index (χ1v) is 20.2. The van der Waals surface area contributed by atoms with Crippen molar-refractivity contribution in [3.8, 4) is 0 Å². The molecule has 6 aromatic rings. The standard InChI is InChI=1S/C36H32N4O6S3/c41-47(42)25-31(39(23-27-11-3-1-4-12-27)48(43,44)33-19-7-15-29-17-9-21-37-35(29)33)32(26-47)40(24-28-13-5-2-6-14-28)49(45,46)34-20-8-16-30-18-10-22-38-36(30)34/h1-22,31-32H,23-26H2/t31-,32-/m1/s1. The molecule has 7 rings (SSSR count). The molecule has 0 unspecified atom stereocenters. The molecule has 0 N–H and O–H groups in total. The lowest BCUT2D eigenvalue weighted by Gasteiger charge is -2.37. The minimum absolute atomic E-state index is 0.0969. The third kappa shape index (κ3) is 6.47. The predicted octanol–water partition coefficient (Wildman–Crippen LogP) is 5.03. The molecule has 0 spiro atoms. The van der Waals surface area contributed by atoms with E-state index in [1.165, 1.54) is 24.5 Å². The fourth-order valence-corrected chi connectivity index (χ4v) is 12.3. The summed E-state index contributed by atoms with van der Waals surface area (Å²) in [7, 11) is -12.9. The van der Waals surface area contributed by atoms with Gasteiger partial charge in [0.05, 0.1) is 34.6 Å². The quantitative estimate of drug-likeness (QED) is 0.193. The van der Waals surface area contributed by atoms with E-state index >= 15 is 0 Å². The van der Waals surface area contributed by atoms with Crippen LogP contribution in [-0.2, 0) is 43.0 Å². The summed E-state index contributed by atoms with van der Waals surface area (Å²) in [6.45, 7) is -0.393. The molecule has 250 valence electrons. The second-order valence-corrected chi connectivity index (χ2v) is 17.8. The monoisotopic (exact) mass is 712 g/mol. The maximum Gasteiger partial charge on any atom is 0.245 e. The smallest absolute Gasteiger partial charge is 0.245 e. The number of para-hydroxylation sites is 2. The van der Waals surface area contributed by atoms with Crippen LogP contribution in [0.4, 0.5) is 0 Å². The van der Waals surface area contributed by atoms with E-state index in [0.717, 1.165) is 8.61 Å². The molecular weight excluding hydrogens is 681 g/mol. The summed E-state index contributed by atoms with van der Waals surface area (Å²) in [5.74, 6) is -1.15. The van der Waals surface area contributed by atoms with Crippen LogP contribution in [0.2, 0.25) is 0 Å². The summed E-state index contributed by atoms with van der Waals surface area (Å²) in [6, 6.07) is 31.6. The highest BCUT2D eigenvalue weighted by Gasteiger charge is 2.51. The first kappa shape index (κ1) is 33.0. The number of fused-ring (bicyclic) bond motifs is 2. The Balaban J connectivity index is 1.43. The average Bonchev–Trinajstić information content (AvgIpc) is 3.43. The van der Waals surface area contributed by atoms with Gasteiger partial charge in [-0.25, -0.2) is 25.3 Å². The number of benzene rings is 4. The van der Waals surface area contributed by atoms with Gasteiger partial charge in [-0.1, -0.05) is 97.1 Å². The number of sulfonamides is 2. The fourth-order valence-electron chi connectivity index (χ4n) is 6.47. The molecular formula is C36H32N4O6S3. The molecule has 1 aliphatic heterocycles. The van der Waals surface area contributed by atoms with E-state index in [2.05, 4.69) is 9.97 Å². The molecule has 0 radical (unpaired) electrons. The lowest BCUT2D eigenvalue weighted by atomic mass is 10.1. The van der Waals surface area contributed by atoms with Crippen LogP contribution in [0.25, 0.3) is 21.8 Å². The summed E-state index contributed by atoms with van der Waals surface area (Å²) in [5, 5.41) is 1.19. The summed E-state index contributed by atoms with van der Waals surface area (Å²) in [6.07, 6.45) is 3.00. The van der Waals surface area contributed by atoms with Crippen molar-refractivity contribution in [3.05, 3.63) is 145 Å². The SMILES string of the molecule is O=S1(=O)C[C@@H](N(Cc2ccccc2)S(=O)(=O)c2cccc3cccnc23)[C@H](N(Cc2ccccc2)S(=O)(=O)c2cccc3cccnc23)C1. The van der Waals surface area contributed by atoms with Crippen molar-refractivity contribution in [2.75, 3.05) is 11.5 Å². The van der Waals surface area contributed by atoms with E-state index in [-0.39, 0.29) is 33.9 Å². The molecule has 1 saturated heterocycles. The number of rotatable bonds is 10. The lowest BCUT2D eigenvalue weighted by molar-refractivity contribution is 0.219. The van der Waals surface area contributed by atoms with Crippen LogP contribution in [0.15, 0.2) is 144 Å². The maximum atomic E-state index is 14.9.